The zero-order chi connectivity index (χ0) is 22.1. The van der Waals surface area contributed by atoms with Crippen molar-refractivity contribution in [3.63, 3.8) is 0 Å². The van der Waals surface area contributed by atoms with E-state index in [-0.39, 0.29) is 15.7 Å². The van der Waals surface area contributed by atoms with Crippen molar-refractivity contribution in [1.29, 1.82) is 0 Å². The molecule has 7 nitrogen and oxygen atoms in total. The number of halogens is 1. The lowest BCUT2D eigenvalue weighted by Gasteiger charge is -2.10. The van der Waals surface area contributed by atoms with Crippen LogP contribution in [0.3, 0.4) is 0 Å². The monoisotopic (exact) mass is 462 g/mol. The van der Waals surface area contributed by atoms with Crippen LogP contribution in [0.5, 0.6) is 0 Å². The fourth-order valence-electron chi connectivity index (χ4n) is 3.31. The highest BCUT2D eigenvalue weighted by atomic mass is 35.5. The fourth-order valence-corrected chi connectivity index (χ4v) is 4.60. The lowest BCUT2D eigenvalue weighted by atomic mass is 10.0. The van der Waals surface area contributed by atoms with Gasteiger partial charge in [0.25, 0.3) is 10.0 Å². The number of nitrogens with one attached hydrogen (secondary N) is 1. The van der Waals surface area contributed by atoms with Gasteiger partial charge < -0.3 is 4.42 Å². The maximum atomic E-state index is 12.7. The zero-order valence-electron chi connectivity index (χ0n) is 16.4. The van der Waals surface area contributed by atoms with Gasteiger partial charge in [-0.2, -0.15) is 0 Å². The van der Waals surface area contributed by atoms with Gasteiger partial charge in [-0.3, -0.25) is 9.71 Å². The van der Waals surface area contributed by atoms with E-state index in [0.717, 1.165) is 16.5 Å². The molecule has 1 N–H and O–H groups in total. The van der Waals surface area contributed by atoms with Gasteiger partial charge in [0, 0.05) is 46.9 Å². The van der Waals surface area contributed by atoms with E-state index in [1.165, 1.54) is 12.1 Å². The molecule has 0 saturated carbocycles. The summed E-state index contributed by atoms with van der Waals surface area (Å²) in [5.41, 5.74) is 3.83. The van der Waals surface area contributed by atoms with Crippen molar-refractivity contribution in [2.75, 3.05) is 4.72 Å². The number of aromatic nitrogens is 3. The summed E-state index contributed by atoms with van der Waals surface area (Å²) in [6.07, 6.45) is 8.28. The molecule has 4 heterocycles. The minimum absolute atomic E-state index is 0.0386. The molecule has 4 aromatic heterocycles. The third-order valence-electron chi connectivity index (χ3n) is 4.89. The molecule has 0 radical (unpaired) electrons. The van der Waals surface area contributed by atoms with Crippen LogP contribution in [0.25, 0.3) is 33.4 Å². The molecule has 5 rings (SSSR count). The van der Waals surface area contributed by atoms with Gasteiger partial charge in [-0.25, -0.2) is 18.4 Å². The molecule has 0 fully saturated rings. The van der Waals surface area contributed by atoms with Gasteiger partial charge in [0.2, 0.25) is 5.71 Å². The Balaban J connectivity index is 1.56. The lowest BCUT2D eigenvalue weighted by molar-refractivity contribution is 0.601. The number of hydrogen-bond acceptors (Lipinski definition) is 6. The molecule has 0 saturated heterocycles. The van der Waals surface area contributed by atoms with E-state index in [2.05, 4.69) is 19.7 Å². The number of benzene rings is 1. The molecule has 5 aromatic rings. The Morgan fingerprint density at radius 1 is 0.875 bits per heavy atom. The van der Waals surface area contributed by atoms with Crippen LogP contribution in [0.4, 0.5) is 5.69 Å². The average Bonchev–Trinajstić information content (AvgIpc) is 3.25. The molecule has 0 aliphatic rings. The minimum atomic E-state index is -3.82. The summed E-state index contributed by atoms with van der Waals surface area (Å²) >= 11 is 6.19. The summed E-state index contributed by atoms with van der Waals surface area (Å²) in [4.78, 5) is 12.7. The molecule has 0 bridgehead atoms. The summed E-state index contributed by atoms with van der Waals surface area (Å²) in [6, 6.07) is 15.4. The number of fused-ring (bicyclic) bond motifs is 1. The first-order chi connectivity index (χ1) is 15.5. The number of sulfonamides is 1. The Kier molecular flexibility index (Phi) is 5.08. The number of pyridine rings is 3. The predicted octanol–water partition coefficient (Wildman–Crippen LogP) is 5.41. The maximum absolute atomic E-state index is 12.7. The Labute approximate surface area is 188 Å². The molecule has 1 aromatic carbocycles. The first kappa shape index (κ1) is 20.2. The molecule has 0 aliphatic heterocycles. The van der Waals surface area contributed by atoms with Gasteiger partial charge >= 0.3 is 0 Å². The van der Waals surface area contributed by atoms with E-state index < -0.39 is 10.0 Å². The van der Waals surface area contributed by atoms with Crippen LogP contribution in [-0.4, -0.2) is 23.4 Å². The predicted molar refractivity (Wildman–Crippen MR) is 123 cm³/mol. The largest absolute Gasteiger partial charge is 0.445 e. The van der Waals surface area contributed by atoms with Crippen LogP contribution in [0, 0.1) is 0 Å². The molecule has 32 heavy (non-hydrogen) atoms. The van der Waals surface area contributed by atoms with Crippen LogP contribution >= 0.6 is 11.6 Å². The van der Waals surface area contributed by atoms with Crippen LogP contribution in [0.15, 0.2) is 95.0 Å². The third-order valence-corrected chi connectivity index (χ3v) is 6.57. The normalized spacial score (nSPS) is 11.5. The van der Waals surface area contributed by atoms with Crippen LogP contribution in [0.2, 0.25) is 5.15 Å². The first-order valence-electron chi connectivity index (χ1n) is 9.53. The van der Waals surface area contributed by atoms with Gasteiger partial charge in [0.15, 0.2) is 5.15 Å². The van der Waals surface area contributed by atoms with E-state index in [1.807, 2.05) is 18.2 Å². The number of hydrogen-bond donors (Lipinski definition) is 1. The molecule has 0 amide bonds. The summed E-state index contributed by atoms with van der Waals surface area (Å²) < 4.78 is 33.6. The minimum Gasteiger partial charge on any atom is -0.445 e. The Bertz CT molecular complexity index is 1520. The zero-order valence-corrected chi connectivity index (χ0v) is 18.0. The van der Waals surface area contributed by atoms with E-state index >= 15 is 0 Å². The van der Waals surface area contributed by atoms with Crippen molar-refractivity contribution < 1.29 is 12.8 Å². The van der Waals surface area contributed by atoms with E-state index in [1.54, 1.807) is 55.3 Å². The molecule has 0 aliphatic carbocycles. The number of furan rings is 1. The molecule has 0 atom stereocenters. The quantitative estimate of drug-likeness (QED) is 0.351. The Hall–Kier alpha value is -3.75. The molecular weight excluding hydrogens is 448 g/mol. The second-order valence-electron chi connectivity index (χ2n) is 6.94. The summed E-state index contributed by atoms with van der Waals surface area (Å²) in [5.74, 6) is 0. The number of rotatable bonds is 5. The average molecular weight is 463 g/mol. The fraction of sp³-hybridized carbons (Fsp3) is 0. The maximum Gasteiger partial charge on any atom is 0.261 e. The first-order valence-corrected chi connectivity index (χ1v) is 11.4. The third kappa shape index (κ3) is 3.81. The van der Waals surface area contributed by atoms with Crippen molar-refractivity contribution in [3.05, 3.63) is 90.8 Å². The Morgan fingerprint density at radius 3 is 2.41 bits per heavy atom. The number of anilines is 1. The van der Waals surface area contributed by atoms with Crippen molar-refractivity contribution in [2.24, 2.45) is 0 Å². The smallest absolute Gasteiger partial charge is 0.261 e. The highest BCUT2D eigenvalue weighted by Gasteiger charge is 2.18. The van der Waals surface area contributed by atoms with Crippen LogP contribution in [-0.2, 0) is 10.0 Å². The second-order valence-corrected chi connectivity index (χ2v) is 8.98. The molecular formula is C23H15ClN4O3S. The number of nitrogens with zero attached hydrogens (tertiary/aromatic N) is 3. The second kappa shape index (κ2) is 8.07. The van der Waals surface area contributed by atoms with Crippen LogP contribution < -0.4 is 4.72 Å². The van der Waals surface area contributed by atoms with Gasteiger partial charge in [-0.1, -0.05) is 29.8 Å². The molecule has 0 unspecified atom stereocenters. The molecule has 158 valence electrons. The standard InChI is InChI=1S/C23H15ClN4O3S/c24-22-21(28-32(29,30)18-4-2-1-3-5-18)11-17(13-26-22)20-14-31-23-19(20)10-16(12-27-23)15-6-8-25-9-7-15/h1-14,28H. The van der Waals surface area contributed by atoms with E-state index in [0.29, 0.717) is 16.8 Å². The lowest BCUT2D eigenvalue weighted by Crippen LogP contribution is -2.13. The van der Waals surface area contributed by atoms with Gasteiger partial charge in [0.05, 0.1) is 10.6 Å². The molecule has 0 spiro atoms. The highest BCUT2D eigenvalue weighted by molar-refractivity contribution is 7.92. The van der Waals surface area contributed by atoms with Gasteiger partial charge in [-0.05, 0) is 42.0 Å². The van der Waals surface area contributed by atoms with Gasteiger partial charge in [0.1, 0.15) is 6.26 Å². The summed E-state index contributed by atoms with van der Waals surface area (Å²) in [5, 5.41) is 0.803. The van der Waals surface area contributed by atoms with Crippen molar-refractivity contribution in [3.8, 4) is 22.3 Å². The molecule has 9 heteroatoms. The topological polar surface area (TPSA) is 98.0 Å². The highest BCUT2D eigenvalue weighted by Crippen LogP contribution is 2.35. The van der Waals surface area contributed by atoms with Gasteiger partial charge in [-0.15, -0.1) is 0 Å². The van der Waals surface area contributed by atoms with Crippen molar-refractivity contribution in [1.82, 2.24) is 15.0 Å². The van der Waals surface area contributed by atoms with Crippen molar-refractivity contribution in [2.45, 2.75) is 4.90 Å². The van der Waals surface area contributed by atoms with E-state index in [4.69, 9.17) is 16.0 Å². The van der Waals surface area contributed by atoms with Crippen LogP contribution in [0.1, 0.15) is 0 Å². The van der Waals surface area contributed by atoms with Crippen molar-refractivity contribution >= 4 is 38.4 Å². The SMILES string of the molecule is O=S(=O)(Nc1cc(-c2coc3ncc(-c4ccncc4)cc23)cnc1Cl)c1ccccc1. The van der Waals surface area contributed by atoms with E-state index in [9.17, 15) is 8.42 Å². The summed E-state index contributed by atoms with van der Waals surface area (Å²) in [6.45, 7) is 0. The Morgan fingerprint density at radius 2 is 1.62 bits per heavy atom. The summed E-state index contributed by atoms with van der Waals surface area (Å²) in [7, 11) is -3.82.